The summed E-state index contributed by atoms with van der Waals surface area (Å²) in [4.78, 5) is 15.0. The summed E-state index contributed by atoms with van der Waals surface area (Å²) in [6.45, 7) is 1.69. The zero-order valence-electron chi connectivity index (χ0n) is 16.3. The molecule has 1 aliphatic heterocycles. The first-order chi connectivity index (χ1) is 14.7. The van der Waals surface area contributed by atoms with Gasteiger partial charge in [-0.1, -0.05) is 18.0 Å². The maximum atomic E-state index is 13.8. The summed E-state index contributed by atoms with van der Waals surface area (Å²) in [5, 5.41) is 10.6. The van der Waals surface area contributed by atoms with Crippen molar-refractivity contribution in [1.29, 1.82) is 0 Å². The number of rotatable bonds is 4. The van der Waals surface area contributed by atoms with Gasteiger partial charge in [-0.15, -0.1) is 0 Å². The van der Waals surface area contributed by atoms with E-state index in [2.05, 4.69) is 0 Å². The molecule has 0 spiro atoms. The van der Waals surface area contributed by atoms with Gasteiger partial charge in [-0.3, -0.25) is 9.69 Å². The Hall–Kier alpha value is -2.71. The predicted molar refractivity (Wildman–Crippen MR) is 110 cm³/mol. The molecule has 0 radical (unpaired) electrons. The molecule has 1 N–H and O–H groups in total. The number of halogens is 4. The van der Waals surface area contributed by atoms with Gasteiger partial charge in [0.25, 0.3) is 5.76 Å². The summed E-state index contributed by atoms with van der Waals surface area (Å²) in [5.74, 6) is -2.73. The van der Waals surface area contributed by atoms with Crippen LogP contribution < -0.4 is 10.2 Å². The number of benzene rings is 2. The maximum absolute atomic E-state index is 13.8. The molecule has 0 aliphatic carbocycles. The fraction of sp³-hybridized carbons (Fsp3) is 0.318. The molecule has 9 heteroatoms. The lowest BCUT2D eigenvalue weighted by Crippen LogP contribution is -2.29. The van der Waals surface area contributed by atoms with Crippen molar-refractivity contribution in [2.24, 2.45) is 0 Å². The molecule has 0 unspecified atom stereocenters. The first kappa shape index (κ1) is 21.5. The highest BCUT2D eigenvalue weighted by Gasteiger charge is 2.41. The second-order valence-electron chi connectivity index (χ2n) is 7.42. The molecule has 3 aromatic rings. The van der Waals surface area contributed by atoms with Gasteiger partial charge in [0, 0.05) is 11.6 Å². The van der Waals surface area contributed by atoms with Gasteiger partial charge in [0.1, 0.15) is 17.1 Å². The van der Waals surface area contributed by atoms with Gasteiger partial charge in [0.15, 0.2) is 0 Å². The highest BCUT2D eigenvalue weighted by Crippen LogP contribution is 2.40. The van der Waals surface area contributed by atoms with E-state index >= 15 is 0 Å². The molecule has 5 nitrogen and oxygen atoms in total. The molecular weight excluding hydrogens is 435 g/mol. The van der Waals surface area contributed by atoms with Crippen LogP contribution in [0, 0.1) is 0 Å². The molecule has 2 heterocycles. The predicted octanol–water partition coefficient (Wildman–Crippen LogP) is 5.95. The Kier molecular flexibility index (Phi) is 5.85. The number of likely N-dealkylation sites (tertiary alicyclic amines) is 1. The van der Waals surface area contributed by atoms with Crippen LogP contribution in [-0.4, -0.2) is 23.1 Å². The summed E-state index contributed by atoms with van der Waals surface area (Å²) >= 11 is 5.80. The highest BCUT2D eigenvalue weighted by molar-refractivity contribution is 6.30. The van der Waals surface area contributed by atoms with Crippen molar-refractivity contribution in [3.05, 3.63) is 63.0 Å². The second-order valence-corrected chi connectivity index (χ2v) is 7.86. The molecule has 0 bridgehead atoms. The molecule has 164 valence electrons. The first-order valence-corrected chi connectivity index (χ1v) is 10.2. The zero-order valence-corrected chi connectivity index (χ0v) is 17.1. The molecule has 4 rings (SSSR count). The van der Waals surface area contributed by atoms with Crippen molar-refractivity contribution in [2.75, 3.05) is 13.1 Å². The zero-order chi connectivity index (χ0) is 22.2. The average Bonchev–Trinajstić information content (AvgIpc) is 2.73. The molecule has 1 aliphatic rings. The normalized spacial score (nSPS) is 15.4. The molecule has 2 aromatic carbocycles. The van der Waals surface area contributed by atoms with Crippen LogP contribution in [0.2, 0.25) is 5.02 Å². The molecule has 0 atom stereocenters. The summed E-state index contributed by atoms with van der Waals surface area (Å²) in [7, 11) is 0. The Morgan fingerprint density at radius 2 is 1.74 bits per heavy atom. The smallest absolute Gasteiger partial charge is 0.453 e. The number of nitrogens with zero attached hydrogens (tertiary/aromatic N) is 1. The van der Waals surface area contributed by atoms with Crippen molar-refractivity contribution in [3.8, 4) is 17.2 Å². The van der Waals surface area contributed by atoms with Gasteiger partial charge in [0.05, 0.1) is 10.9 Å². The molecule has 1 aromatic heterocycles. The number of phenolic OH excluding ortho intramolecular Hbond substituents is 1. The van der Waals surface area contributed by atoms with E-state index in [1.54, 1.807) is 0 Å². The Morgan fingerprint density at radius 3 is 2.39 bits per heavy atom. The lowest BCUT2D eigenvalue weighted by molar-refractivity contribution is -0.154. The molecule has 1 saturated heterocycles. The topological polar surface area (TPSA) is 62.9 Å². The van der Waals surface area contributed by atoms with E-state index in [0.717, 1.165) is 32.4 Å². The van der Waals surface area contributed by atoms with Gasteiger partial charge in [-0.25, -0.2) is 0 Å². The number of piperidine rings is 1. The van der Waals surface area contributed by atoms with E-state index in [0.29, 0.717) is 5.02 Å². The average molecular weight is 454 g/mol. The Labute approximate surface area is 180 Å². The summed E-state index contributed by atoms with van der Waals surface area (Å²) in [6, 6.07) is 8.10. The number of fused-ring (bicyclic) bond motifs is 1. The SMILES string of the molecule is O=c1c(Oc2ccc(Cl)cc2)c(C(F)(F)F)oc2c(CN3CCCCC3)c(O)ccc12. The molecule has 0 saturated carbocycles. The van der Waals surface area contributed by atoms with Crippen LogP contribution in [0.3, 0.4) is 0 Å². The van der Waals surface area contributed by atoms with Crippen molar-refractivity contribution in [3.63, 3.8) is 0 Å². The van der Waals surface area contributed by atoms with E-state index in [-0.39, 0.29) is 34.6 Å². The Morgan fingerprint density at radius 1 is 1.06 bits per heavy atom. The van der Waals surface area contributed by atoms with Gasteiger partial charge < -0.3 is 14.3 Å². The Balaban J connectivity index is 1.87. The maximum Gasteiger partial charge on any atom is 0.453 e. The monoisotopic (exact) mass is 453 g/mol. The van der Waals surface area contributed by atoms with Crippen molar-refractivity contribution in [2.45, 2.75) is 32.0 Å². The molecule has 31 heavy (non-hydrogen) atoms. The van der Waals surface area contributed by atoms with Crippen LogP contribution in [0.25, 0.3) is 11.0 Å². The van der Waals surface area contributed by atoms with Crippen LogP contribution in [0.4, 0.5) is 13.2 Å². The van der Waals surface area contributed by atoms with E-state index in [9.17, 15) is 23.1 Å². The van der Waals surface area contributed by atoms with Gasteiger partial charge >= 0.3 is 6.18 Å². The van der Waals surface area contributed by atoms with E-state index < -0.39 is 23.1 Å². The summed E-state index contributed by atoms with van der Waals surface area (Å²) in [6.07, 6.45) is -1.98. The lowest BCUT2D eigenvalue weighted by atomic mass is 10.1. The van der Waals surface area contributed by atoms with Crippen molar-refractivity contribution < 1.29 is 27.4 Å². The third-order valence-electron chi connectivity index (χ3n) is 5.22. The third kappa shape index (κ3) is 4.50. The third-order valence-corrected chi connectivity index (χ3v) is 5.47. The highest BCUT2D eigenvalue weighted by atomic mass is 35.5. The quantitative estimate of drug-likeness (QED) is 0.529. The van der Waals surface area contributed by atoms with Crippen LogP contribution in [0.15, 0.2) is 45.6 Å². The second kappa shape index (κ2) is 8.43. The fourth-order valence-corrected chi connectivity index (χ4v) is 3.81. The summed E-state index contributed by atoms with van der Waals surface area (Å²) < 4.78 is 51.9. The minimum Gasteiger partial charge on any atom is -0.507 e. The standard InChI is InChI=1S/C22H19ClF3NO4/c23-13-4-6-14(7-5-13)30-20-18(29)15-8-9-17(28)16(12-27-10-2-1-3-11-27)19(15)31-21(20)22(24,25)26/h4-9,28H,1-3,10-12H2. The van der Waals surface area contributed by atoms with E-state index in [1.165, 1.54) is 36.4 Å². The van der Waals surface area contributed by atoms with Gasteiger partial charge in [-0.2, -0.15) is 13.2 Å². The first-order valence-electron chi connectivity index (χ1n) is 9.78. The number of hydrogen-bond donors (Lipinski definition) is 1. The number of ether oxygens (including phenoxy) is 1. The van der Waals surface area contributed by atoms with E-state index in [1.807, 2.05) is 4.90 Å². The number of hydrogen-bond acceptors (Lipinski definition) is 5. The minimum absolute atomic E-state index is 0.00821. The molecular formula is C22H19ClF3NO4. The van der Waals surface area contributed by atoms with Crippen LogP contribution in [-0.2, 0) is 12.7 Å². The van der Waals surface area contributed by atoms with Gasteiger partial charge in [-0.05, 0) is 62.3 Å². The fourth-order valence-electron chi connectivity index (χ4n) is 3.68. The summed E-state index contributed by atoms with van der Waals surface area (Å²) in [5.41, 5.74) is -1.10. The van der Waals surface area contributed by atoms with Crippen molar-refractivity contribution in [1.82, 2.24) is 4.90 Å². The van der Waals surface area contributed by atoms with Crippen LogP contribution >= 0.6 is 11.6 Å². The van der Waals surface area contributed by atoms with Crippen molar-refractivity contribution >= 4 is 22.6 Å². The minimum atomic E-state index is -4.98. The lowest BCUT2D eigenvalue weighted by Gasteiger charge is -2.27. The number of alkyl halides is 3. The number of aromatic hydroxyl groups is 1. The molecule has 0 amide bonds. The van der Waals surface area contributed by atoms with E-state index in [4.69, 9.17) is 20.8 Å². The largest absolute Gasteiger partial charge is 0.507 e. The Bertz CT molecular complexity index is 1150. The molecule has 1 fully saturated rings. The van der Waals surface area contributed by atoms with Crippen LogP contribution in [0.1, 0.15) is 30.6 Å². The number of phenols is 1. The van der Waals surface area contributed by atoms with Gasteiger partial charge in [0.2, 0.25) is 11.2 Å². The van der Waals surface area contributed by atoms with Crippen LogP contribution in [0.5, 0.6) is 17.2 Å².